The first-order chi connectivity index (χ1) is 16.7. The van der Waals surface area contributed by atoms with Gasteiger partial charge in [-0.25, -0.2) is 4.98 Å². The first-order valence-electron chi connectivity index (χ1n) is 10.9. The van der Waals surface area contributed by atoms with Gasteiger partial charge < -0.3 is 26.1 Å². The summed E-state index contributed by atoms with van der Waals surface area (Å²) in [6.07, 6.45) is 1.17. The second-order valence-electron chi connectivity index (χ2n) is 8.24. The van der Waals surface area contributed by atoms with Crippen molar-refractivity contribution in [1.82, 2.24) is 9.97 Å². The number of aromatic amines is 1. The van der Waals surface area contributed by atoms with E-state index in [-0.39, 0.29) is 23.8 Å². The molecule has 0 saturated heterocycles. The zero-order valence-corrected chi connectivity index (χ0v) is 19.1. The van der Waals surface area contributed by atoms with Crippen molar-refractivity contribution in [3.05, 3.63) is 76.6 Å². The van der Waals surface area contributed by atoms with Gasteiger partial charge in [-0.1, -0.05) is 12.1 Å². The first kappa shape index (κ1) is 23.8. The minimum atomic E-state index is -0.840. The lowest BCUT2D eigenvalue weighted by Gasteiger charge is -2.21. The highest BCUT2D eigenvalue weighted by Gasteiger charge is 2.21. The molecule has 0 unspecified atom stereocenters. The molecule has 0 saturated carbocycles. The molecule has 9 nitrogen and oxygen atoms in total. The van der Waals surface area contributed by atoms with Crippen LogP contribution in [0.5, 0.6) is 0 Å². The molecule has 0 radical (unpaired) electrons. The number of aromatic nitrogens is 2. The summed E-state index contributed by atoms with van der Waals surface area (Å²) < 4.78 is 19.1. The van der Waals surface area contributed by atoms with Crippen molar-refractivity contribution in [3.63, 3.8) is 0 Å². The lowest BCUT2D eigenvalue weighted by Crippen LogP contribution is -2.39. The fraction of sp³-hybridized carbons (Fsp3) is 0.200. The van der Waals surface area contributed by atoms with Crippen LogP contribution in [0.2, 0.25) is 0 Å². The van der Waals surface area contributed by atoms with E-state index in [9.17, 15) is 18.8 Å². The number of halogens is 1. The largest absolute Gasteiger partial charge is 0.376 e. The number of para-hydroxylation sites is 1. The Morgan fingerprint density at radius 1 is 1.09 bits per heavy atom. The number of primary amides is 1. The molecule has 35 heavy (non-hydrogen) atoms. The van der Waals surface area contributed by atoms with Crippen molar-refractivity contribution >= 4 is 44.9 Å². The van der Waals surface area contributed by atoms with E-state index in [1.54, 1.807) is 36.4 Å². The highest BCUT2D eigenvalue weighted by molar-refractivity contribution is 6.13. The number of carbonyl (C=O) groups is 2. The Morgan fingerprint density at radius 3 is 2.60 bits per heavy atom. The van der Waals surface area contributed by atoms with Crippen LogP contribution in [-0.2, 0) is 9.53 Å². The molecule has 0 bridgehead atoms. The van der Waals surface area contributed by atoms with Crippen molar-refractivity contribution in [1.29, 1.82) is 0 Å². The maximum atomic E-state index is 13.5. The van der Waals surface area contributed by atoms with Gasteiger partial charge in [-0.05, 0) is 49.6 Å². The highest BCUT2D eigenvalue weighted by atomic mass is 19.1. The number of nitrogens with one attached hydrogen (secondary N) is 3. The third-order valence-corrected chi connectivity index (χ3v) is 5.37. The van der Waals surface area contributed by atoms with E-state index in [0.29, 0.717) is 33.1 Å². The lowest BCUT2D eigenvalue weighted by atomic mass is 10.0. The molecule has 180 valence electrons. The molecular formula is C25H24FN5O4. The SMILES string of the molecule is CC(C)OC[C@H](Nc1ccnc(F)c1)C(=O)Nc1ccc2c(=O)[nH]c3c(C(N)=O)cccc3c2c1. The Balaban J connectivity index is 1.68. The summed E-state index contributed by atoms with van der Waals surface area (Å²) in [6, 6.07) is 11.7. The van der Waals surface area contributed by atoms with Gasteiger partial charge in [0.2, 0.25) is 11.9 Å². The Kier molecular flexibility index (Phi) is 6.74. The number of carbonyl (C=O) groups excluding carboxylic acids is 2. The van der Waals surface area contributed by atoms with E-state index in [4.69, 9.17) is 10.5 Å². The summed E-state index contributed by atoms with van der Waals surface area (Å²) in [4.78, 5) is 43.8. The average molecular weight is 477 g/mol. The number of hydrogen-bond donors (Lipinski definition) is 4. The number of amides is 2. The number of fused-ring (bicyclic) bond motifs is 3. The molecule has 2 aromatic heterocycles. The second-order valence-corrected chi connectivity index (χ2v) is 8.24. The summed E-state index contributed by atoms with van der Waals surface area (Å²) >= 11 is 0. The molecule has 0 aliphatic carbocycles. The van der Waals surface area contributed by atoms with Crippen molar-refractivity contribution < 1.29 is 18.7 Å². The van der Waals surface area contributed by atoms with Gasteiger partial charge >= 0.3 is 0 Å². The lowest BCUT2D eigenvalue weighted by molar-refractivity contribution is -0.118. The summed E-state index contributed by atoms with van der Waals surface area (Å²) in [5, 5.41) is 7.33. The summed E-state index contributed by atoms with van der Waals surface area (Å²) in [6.45, 7) is 3.71. The van der Waals surface area contributed by atoms with Gasteiger partial charge in [0.25, 0.3) is 11.5 Å². The Labute approximate surface area is 199 Å². The van der Waals surface area contributed by atoms with Crippen LogP contribution in [0.4, 0.5) is 15.8 Å². The van der Waals surface area contributed by atoms with Gasteiger partial charge in [0.05, 0.1) is 23.8 Å². The van der Waals surface area contributed by atoms with Crippen LogP contribution in [0.25, 0.3) is 21.7 Å². The standard InChI is InChI=1S/C25H24FN5O4/c1-13(2)35-12-20(29-15-8-9-28-21(26)11-15)25(34)30-14-6-7-17-19(10-14)16-4-3-5-18(23(27)32)22(16)31-24(17)33/h3-11,13,20H,12H2,1-2H3,(H2,27,32)(H,28,29)(H,30,34)(H,31,33)/t20-/m0/s1. The van der Waals surface area contributed by atoms with E-state index in [0.717, 1.165) is 0 Å². The van der Waals surface area contributed by atoms with Gasteiger partial charge in [-0.15, -0.1) is 0 Å². The van der Waals surface area contributed by atoms with Crippen LogP contribution in [0.3, 0.4) is 0 Å². The van der Waals surface area contributed by atoms with Crippen LogP contribution in [0.15, 0.2) is 59.5 Å². The number of rotatable bonds is 8. The minimum Gasteiger partial charge on any atom is -0.376 e. The second kappa shape index (κ2) is 9.90. The number of pyridine rings is 2. The van der Waals surface area contributed by atoms with Crippen LogP contribution in [-0.4, -0.2) is 40.5 Å². The van der Waals surface area contributed by atoms with Gasteiger partial charge in [0.1, 0.15) is 6.04 Å². The molecule has 2 aromatic carbocycles. The summed E-state index contributed by atoms with van der Waals surface area (Å²) in [5.41, 5.74) is 6.39. The van der Waals surface area contributed by atoms with E-state index >= 15 is 0 Å². The smallest absolute Gasteiger partial charge is 0.256 e. The molecule has 10 heteroatoms. The number of nitrogens with two attached hydrogens (primary N) is 1. The highest BCUT2D eigenvalue weighted by Crippen LogP contribution is 2.26. The van der Waals surface area contributed by atoms with Gasteiger partial charge in [-0.2, -0.15) is 4.39 Å². The van der Waals surface area contributed by atoms with E-state index in [1.165, 1.54) is 18.3 Å². The Bertz CT molecular complexity index is 1480. The predicted octanol–water partition coefficient (Wildman–Crippen LogP) is 3.16. The van der Waals surface area contributed by atoms with Gasteiger partial charge in [0, 0.05) is 34.4 Å². The maximum absolute atomic E-state index is 13.5. The van der Waals surface area contributed by atoms with Crippen LogP contribution in [0, 0.1) is 5.95 Å². The number of hydrogen-bond acceptors (Lipinski definition) is 6. The first-order valence-corrected chi connectivity index (χ1v) is 10.9. The Morgan fingerprint density at radius 2 is 1.89 bits per heavy atom. The van der Waals surface area contributed by atoms with Crippen LogP contribution < -0.4 is 21.9 Å². The number of anilines is 2. The molecule has 4 rings (SSSR count). The molecule has 1 atom stereocenters. The van der Waals surface area contributed by atoms with Crippen LogP contribution in [0.1, 0.15) is 24.2 Å². The molecule has 5 N–H and O–H groups in total. The zero-order valence-electron chi connectivity index (χ0n) is 19.1. The number of H-pyrrole nitrogens is 1. The molecule has 4 aromatic rings. The quantitative estimate of drug-likeness (QED) is 0.227. The van der Waals surface area contributed by atoms with E-state index in [1.807, 2.05) is 13.8 Å². The fourth-order valence-corrected chi connectivity index (χ4v) is 3.73. The monoisotopic (exact) mass is 477 g/mol. The summed E-state index contributed by atoms with van der Waals surface area (Å²) in [7, 11) is 0. The van der Waals surface area contributed by atoms with E-state index in [2.05, 4.69) is 20.6 Å². The van der Waals surface area contributed by atoms with Crippen molar-refractivity contribution in [3.8, 4) is 0 Å². The maximum Gasteiger partial charge on any atom is 0.256 e. The van der Waals surface area contributed by atoms with Gasteiger partial charge in [0.15, 0.2) is 0 Å². The molecule has 0 spiro atoms. The van der Waals surface area contributed by atoms with E-state index < -0.39 is 23.8 Å². The molecule has 0 fully saturated rings. The molecule has 0 aliphatic heterocycles. The third-order valence-electron chi connectivity index (χ3n) is 5.37. The molecule has 2 amide bonds. The van der Waals surface area contributed by atoms with Crippen molar-refractivity contribution in [2.75, 3.05) is 17.2 Å². The Hall–Kier alpha value is -4.31. The topological polar surface area (TPSA) is 139 Å². The zero-order chi connectivity index (χ0) is 25.1. The molecular weight excluding hydrogens is 453 g/mol. The fourth-order valence-electron chi connectivity index (χ4n) is 3.73. The number of benzene rings is 2. The van der Waals surface area contributed by atoms with Crippen molar-refractivity contribution in [2.24, 2.45) is 5.73 Å². The van der Waals surface area contributed by atoms with Crippen molar-refractivity contribution in [2.45, 2.75) is 26.0 Å². The third kappa shape index (κ3) is 5.28. The normalized spacial score (nSPS) is 12.1. The number of nitrogens with zero attached hydrogens (tertiary/aromatic N) is 1. The van der Waals surface area contributed by atoms with Crippen LogP contribution >= 0.6 is 0 Å². The molecule has 2 heterocycles. The van der Waals surface area contributed by atoms with Gasteiger partial charge in [-0.3, -0.25) is 14.4 Å². The number of ether oxygens (including phenoxy) is 1. The summed E-state index contributed by atoms with van der Waals surface area (Å²) in [5.74, 6) is -1.77. The average Bonchev–Trinajstić information content (AvgIpc) is 2.81. The predicted molar refractivity (Wildman–Crippen MR) is 132 cm³/mol. The minimum absolute atomic E-state index is 0.0333. The molecule has 0 aliphatic rings.